The number of hydrogen-bond donors (Lipinski definition) is 0. The third-order valence-electron chi connectivity index (χ3n) is 7.08. The topological polar surface area (TPSA) is 62.7 Å². The van der Waals surface area contributed by atoms with Gasteiger partial charge in [-0.3, -0.25) is 0 Å². The summed E-state index contributed by atoms with van der Waals surface area (Å²) < 4.78 is 9.16. The number of alkyl halides is 2. The molecule has 0 saturated carbocycles. The van der Waals surface area contributed by atoms with Gasteiger partial charge in [-0.1, -0.05) is 6.92 Å². The van der Waals surface area contributed by atoms with Gasteiger partial charge in [-0.05, 0) is 6.42 Å². The Hall–Kier alpha value is -2.65. The molecule has 1 atom stereocenters. The molecule has 2 amide bonds. The number of amides is 2. The number of pyridine rings is 1. The summed E-state index contributed by atoms with van der Waals surface area (Å²) in [5.41, 5.74) is 3.50. The van der Waals surface area contributed by atoms with Crippen LogP contribution in [0, 0.1) is 0 Å². The number of halogens is 2. The molecule has 0 aliphatic carbocycles. The van der Waals surface area contributed by atoms with Gasteiger partial charge in [0, 0.05) is 0 Å². The van der Waals surface area contributed by atoms with Crippen LogP contribution in [0.5, 0.6) is 0 Å². The van der Waals surface area contributed by atoms with E-state index >= 15 is 0 Å². The minimum absolute atomic E-state index is 0.0594. The van der Waals surface area contributed by atoms with E-state index in [4.69, 9.17) is 21.3 Å². The molecule has 1 unspecified atom stereocenters. The van der Waals surface area contributed by atoms with Gasteiger partial charge in [0.15, 0.2) is 0 Å². The molecule has 0 radical (unpaired) electrons. The summed E-state index contributed by atoms with van der Waals surface area (Å²) in [5.74, 6) is -0.0594. The predicted octanol–water partition coefficient (Wildman–Crippen LogP) is 6.14. The molecule has 0 spiro atoms. The van der Waals surface area contributed by atoms with E-state index in [1.54, 1.807) is 9.80 Å². The second-order valence-corrected chi connectivity index (χ2v) is 15.4. The van der Waals surface area contributed by atoms with Crippen LogP contribution in [0.25, 0.3) is 21.8 Å². The zero-order valence-electron chi connectivity index (χ0n) is 20.0. The van der Waals surface area contributed by atoms with Crippen LogP contribution in [0.3, 0.4) is 0 Å². The van der Waals surface area contributed by atoms with Crippen molar-refractivity contribution in [2.45, 2.75) is 16.8 Å². The molecular weight excluding hydrogens is 589 g/mol. The maximum absolute atomic E-state index is 13.3. The Morgan fingerprint density at radius 2 is 1.75 bits per heavy atom. The van der Waals surface area contributed by atoms with Gasteiger partial charge in [-0.15, -0.1) is 0 Å². The van der Waals surface area contributed by atoms with Crippen molar-refractivity contribution in [3.05, 3.63) is 74.9 Å². The fraction of sp³-hybridized carbons (Fsp3) is 0.321. The molecule has 6 nitrogen and oxygen atoms in total. The number of piperazine rings is 1. The van der Waals surface area contributed by atoms with Crippen LogP contribution in [0.2, 0.25) is 5.02 Å². The first kappa shape index (κ1) is 23.7. The van der Waals surface area contributed by atoms with Gasteiger partial charge in [0.05, 0.1) is 6.61 Å². The van der Waals surface area contributed by atoms with Crippen molar-refractivity contribution in [3.8, 4) is 0 Å². The molecule has 4 heterocycles. The predicted molar refractivity (Wildman–Crippen MR) is 152 cm³/mol. The van der Waals surface area contributed by atoms with Crippen molar-refractivity contribution >= 4 is 65.2 Å². The molecule has 1 aromatic heterocycles. The number of allylic oxidation sites excluding steroid dienone is 3. The number of aromatic nitrogens is 1. The standard InChI is InChI=1S/C28H27ClIN3O3/c1-2-15-36-27(35)33-13-11-32(12-14-33)26(34)19-5-7-21-23(16-19)31-24-17-20(6-8-22(24)25(21)29)28-9-3-4-10-30(28)18-28/h3-10,16-17H,2,11-15,18H2,1H3. The van der Waals surface area contributed by atoms with Crippen LogP contribution in [0.15, 0.2) is 58.7 Å². The first-order valence-electron chi connectivity index (χ1n) is 12.2. The normalized spacial score (nSPS) is 21.7. The summed E-state index contributed by atoms with van der Waals surface area (Å²) in [5, 5.41) is 2.45. The van der Waals surface area contributed by atoms with E-state index in [0.29, 0.717) is 43.4 Å². The fourth-order valence-electron chi connectivity index (χ4n) is 4.96. The number of nitrogens with zero attached hydrogens (tertiary/aromatic N) is 3. The number of benzene rings is 2. The van der Waals surface area contributed by atoms with Crippen LogP contribution in [-0.2, 0) is 8.16 Å². The maximum atomic E-state index is 13.3. The summed E-state index contributed by atoms with van der Waals surface area (Å²) in [6.07, 6.45) is 7.20. The average Bonchev–Trinajstić information content (AvgIpc) is 3.67. The molecule has 3 aliphatic heterocycles. The molecule has 0 bridgehead atoms. The number of rotatable bonds is 4. The van der Waals surface area contributed by atoms with Crippen LogP contribution < -0.4 is 0 Å². The van der Waals surface area contributed by atoms with Crippen molar-refractivity contribution in [1.29, 1.82) is 0 Å². The van der Waals surface area contributed by atoms with Gasteiger partial charge in [0.1, 0.15) is 0 Å². The van der Waals surface area contributed by atoms with Gasteiger partial charge in [0.2, 0.25) is 0 Å². The fourth-order valence-corrected chi connectivity index (χ4v) is 11.6. The third kappa shape index (κ3) is 4.06. The summed E-state index contributed by atoms with van der Waals surface area (Å²) in [6.45, 7) is 4.27. The molecule has 2 saturated heterocycles. The molecule has 0 N–H and O–H groups in total. The second kappa shape index (κ2) is 9.34. The van der Waals surface area contributed by atoms with Gasteiger partial charge in [0.25, 0.3) is 0 Å². The molecule has 8 heteroatoms. The van der Waals surface area contributed by atoms with E-state index in [0.717, 1.165) is 28.2 Å². The van der Waals surface area contributed by atoms with E-state index in [-0.39, 0.29) is 15.4 Å². The number of ether oxygens (including phenoxy) is 1. The summed E-state index contributed by atoms with van der Waals surface area (Å²) in [4.78, 5) is 33.8. The van der Waals surface area contributed by atoms with Gasteiger partial charge in [-0.2, -0.15) is 0 Å². The first-order valence-corrected chi connectivity index (χ1v) is 16.5. The average molecular weight is 616 g/mol. The first-order chi connectivity index (χ1) is 17.5. The van der Waals surface area contributed by atoms with E-state index in [2.05, 4.69) is 40.5 Å². The Morgan fingerprint density at radius 1 is 1.03 bits per heavy atom. The van der Waals surface area contributed by atoms with Gasteiger partial charge in [-0.25, -0.2) is 4.79 Å². The molecule has 2 fully saturated rings. The van der Waals surface area contributed by atoms with Crippen LogP contribution in [0.1, 0.15) is 29.3 Å². The van der Waals surface area contributed by atoms with Crippen molar-refractivity contribution in [1.82, 2.24) is 14.8 Å². The third-order valence-corrected chi connectivity index (χ3v) is 13.7. The zero-order valence-corrected chi connectivity index (χ0v) is 23.0. The number of carbonyl (C=O) groups excluding carboxylic acids is 2. The summed E-state index contributed by atoms with van der Waals surface area (Å²) >= 11 is 5.74. The van der Waals surface area contributed by atoms with Crippen LogP contribution in [-0.4, -0.2) is 64.0 Å². The van der Waals surface area contributed by atoms with E-state index in [1.165, 1.54) is 9.99 Å². The van der Waals surface area contributed by atoms with Crippen LogP contribution >= 0.6 is 31.4 Å². The van der Waals surface area contributed by atoms with Gasteiger partial charge < -0.3 is 9.64 Å². The quantitative estimate of drug-likeness (QED) is 0.201. The van der Waals surface area contributed by atoms with Crippen molar-refractivity contribution in [2.75, 3.05) is 37.2 Å². The van der Waals surface area contributed by atoms with Gasteiger partial charge >= 0.3 is 189 Å². The molecule has 6 rings (SSSR count). The van der Waals surface area contributed by atoms with Crippen molar-refractivity contribution < 1.29 is 14.3 Å². The second-order valence-electron chi connectivity index (χ2n) is 9.35. The van der Waals surface area contributed by atoms with Crippen LogP contribution in [0.4, 0.5) is 4.79 Å². The number of hydrogen-bond acceptors (Lipinski definition) is 4. The van der Waals surface area contributed by atoms with E-state index in [9.17, 15) is 9.59 Å². The van der Waals surface area contributed by atoms with Crippen molar-refractivity contribution in [2.24, 2.45) is 0 Å². The summed E-state index contributed by atoms with van der Waals surface area (Å²) in [7, 11) is 0. The molecule has 186 valence electrons. The van der Waals surface area contributed by atoms with E-state index in [1.807, 2.05) is 25.1 Å². The number of fused-ring (bicyclic) bond motifs is 3. The Balaban J connectivity index is 1.25. The Kier molecular flexibility index (Phi) is 6.16. The Labute approximate surface area is 222 Å². The van der Waals surface area contributed by atoms with Crippen molar-refractivity contribution in [3.63, 3.8) is 0 Å². The molecule has 3 aromatic rings. The zero-order chi connectivity index (χ0) is 24.9. The Morgan fingerprint density at radius 3 is 2.50 bits per heavy atom. The molecule has 36 heavy (non-hydrogen) atoms. The monoisotopic (exact) mass is 615 g/mol. The summed E-state index contributed by atoms with van der Waals surface area (Å²) in [6, 6.07) is 12.0. The molecule has 3 aliphatic rings. The molecule has 2 aromatic carbocycles. The molecular formula is C28H27ClIN3O3. The number of carbonyl (C=O) groups is 2. The Bertz CT molecular complexity index is 1450. The van der Waals surface area contributed by atoms with E-state index < -0.39 is 19.8 Å². The SMILES string of the molecule is CCCOC(=O)N1CCN(C(=O)c2ccc3c(Cl)c4ccc(C56C=CC=CI5C6)cc4nc3c2)CC1. The minimum atomic E-state index is -1.08.